The Balaban J connectivity index is 1.20. The van der Waals surface area contributed by atoms with E-state index in [9.17, 15) is 9.90 Å². The first-order valence-electron chi connectivity index (χ1n) is 12.2. The average molecular weight is 482 g/mol. The maximum atomic E-state index is 13.2. The lowest BCUT2D eigenvalue weighted by molar-refractivity contribution is -0.0228. The zero-order valence-corrected chi connectivity index (χ0v) is 20.0. The van der Waals surface area contributed by atoms with Gasteiger partial charge in [-0.2, -0.15) is 10.2 Å². The third kappa shape index (κ3) is 4.22. The van der Waals surface area contributed by atoms with Gasteiger partial charge in [0, 0.05) is 46.0 Å². The van der Waals surface area contributed by atoms with Gasteiger partial charge in [0.05, 0.1) is 23.9 Å². The van der Waals surface area contributed by atoms with E-state index >= 15 is 0 Å². The highest BCUT2D eigenvalue weighted by atomic mass is 16.3. The highest BCUT2D eigenvalue weighted by Gasteiger charge is 2.36. The molecule has 1 amide bonds. The lowest BCUT2D eigenvalue weighted by atomic mass is 9.81. The smallest absolute Gasteiger partial charge is 0.251 e. The normalized spacial score (nSPS) is 20.1. The Morgan fingerprint density at radius 2 is 2.14 bits per heavy atom. The molecular formula is C27H27N7O2. The summed E-state index contributed by atoms with van der Waals surface area (Å²) < 4.78 is 1.76. The zero-order chi connectivity index (χ0) is 24.7. The van der Waals surface area contributed by atoms with Crippen LogP contribution in [0.5, 0.6) is 0 Å². The number of fused-ring (bicyclic) bond motifs is 2. The van der Waals surface area contributed by atoms with Gasteiger partial charge in [-0.1, -0.05) is 0 Å². The summed E-state index contributed by atoms with van der Waals surface area (Å²) in [5.41, 5.74) is 3.86. The van der Waals surface area contributed by atoms with Crippen molar-refractivity contribution in [3.05, 3.63) is 72.3 Å². The molecule has 1 aliphatic rings. The van der Waals surface area contributed by atoms with Gasteiger partial charge in [0.15, 0.2) is 5.65 Å². The molecule has 6 rings (SSSR count). The van der Waals surface area contributed by atoms with E-state index in [4.69, 9.17) is 0 Å². The van der Waals surface area contributed by atoms with Crippen LogP contribution in [0.4, 0.5) is 0 Å². The topological polar surface area (TPSA) is 122 Å². The molecule has 2 atom stereocenters. The monoisotopic (exact) mass is 481 g/mol. The molecule has 1 aromatic carbocycles. The first-order chi connectivity index (χ1) is 17.5. The third-order valence-electron chi connectivity index (χ3n) is 6.99. The second-order valence-corrected chi connectivity index (χ2v) is 9.73. The average Bonchev–Trinajstić information content (AvgIpc) is 3.48. The molecule has 0 saturated heterocycles. The van der Waals surface area contributed by atoms with Gasteiger partial charge >= 0.3 is 0 Å². The molecule has 0 spiro atoms. The highest BCUT2D eigenvalue weighted by Crippen LogP contribution is 2.31. The molecule has 36 heavy (non-hydrogen) atoms. The van der Waals surface area contributed by atoms with Crippen molar-refractivity contribution in [1.82, 2.24) is 35.3 Å². The summed E-state index contributed by atoms with van der Waals surface area (Å²) in [5, 5.41) is 28.3. The number of aryl methyl sites for hydroxylation is 1. The van der Waals surface area contributed by atoms with Gasteiger partial charge in [-0.25, -0.2) is 9.67 Å². The van der Waals surface area contributed by atoms with Crippen LogP contribution in [0.2, 0.25) is 0 Å². The maximum absolute atomic E-state index is 13.2. The number of benzene rings is 1. The molecule has 3 N–H and O–H groups in total. The summed E-state index contributed by atoms with van der Waals surface area (Å²) in [6.07, 6.45) is 8.01. The molecule has 1 fully saturated rings. The molecule has 5 aromatic rings. The molecule has 0 unspecified atom stereocenters. The largest absolute Gasteiger partial charge is 0.388 e. The minimum atomic E-state index is -0.965. The quantitative estimate of drug-likeness (QED) is 0.351. The number of aliphatic hydroxyl groups is 1. The fourth-order valence-electron chi connectivity index (χ4n) is 5.25. The van der Waals surface area contributed by atoms with Gasteiger partial charge in [-0.15, -0.1) is 0 Å². The molecule has 0 bridgehead atoms. The van der Waals surface area contributed by atoms with E-state index < -0.39 is 5.60 Å². The van der Waals surface area contributed by atoms with Crippen molar-refractivity contribution in [2.24, 2.45) is 0 Å². The molecule has 1 saturated carbocycles. The van der Waals surface area contributed by atoms with Gasteiger partial charge in [0.2, 0.25) is 0 Å². The van der Waals surface area contributed by atoms with Crippen molar-refractivity contribution in [3.63, 3.8) is 0 Å². The lowest BCUT2D eigenvalue weighted by Crippen LogP contribution is -2.47. The molecule has 1 aliphatic carbocycles. The molecule has 4 aromatic heterocycles. The molecule has 9 heteroatoms. The number of amides is 1. The molecule has 182 valence electrons. The van der Waals surface area contributed by atoms with E-state index in [1.54, 1.807) is 29.3 Å². The predicted octanol–water partition coefficient (Wildman–Crippen LogP) is 3.78. The Morgan fingerprint density at radius 1 is 1.22 bits per heavy atom. The number of rotatable bonds is 5. The fourth-order valence-corrected chi connectivity index (χ4v) is 5.25. The number of nitrogens with zero attached hydrogens (tertiary/aromatic N) is 5. The first-order valence-corrected chi connectivity index (χ1v) is 12.2. The van der Waals surface area contributed by atoms with E-state index in [0.717, 1.165) is 51.7 Å². The van der Waals surface area contributed by atoms with Gasteiger partial charge < -0.3 is 10.4 Å². The van der Waals surface area contributed by atoms with E-state index in [0.29, 0.717) is 24.9 Å². The number of carbonyl (C=O) groups is 1. The number of aromatic amines is 1. The third-order valence-corrected chi connectivity index (χ3v) is 6.99. The van der Waals surface area contributed by atoms with Crippen molar-refractivity contribution in [3.8, 4) is 11.3 Å². The van der Waals surface area contributed by atoms with E-state index in [1.807, 2.05) is 43.3 Å². The van der Waals surface area contributed by atoms with Crippen LogP contribution in [0.25, 0.3) is 33.2 Å². The second-order valence-electron chi connectivity index (χ2n) is 9.73. The minimum Gasteiger partial charge on any atom is -0.388 e. The van der Waals surface area contributed by atoms with Gasteiger partial charge in [-0.05, 0) is 75.1 Å². The van der Waals surface area contributed by atoms with Crippen molar-refractivity contribution in [1.29, 1.82) is 0 Å². The van der Waals surface area contributed by atoms with Gasteiger partial charge in [-0.3, -0.25) is 14.9 Å². The number of H-pyrrole nitrogens is 1. The number of hydrogen-bond donors (Lipinski definition) is 3. The minimum absolute atomic E-state index is 0.131. The predicted molar refractivity (Wildman–Crippen MR) is 136 cm³/mol. The number of nitrogens with one attached hydrogen (secondary N) is 2. The van der Waals surface area contributed by atoms with Crippen molar-refractivity contribution in [2.75, 3.05) is 0 Å². The number of carbonyl (C=O) groups excluding carboxylic acids is 1. The molecule has 9 nitrogen and oxygen atoms in total. The Hall–Kier alpha value is -4.11. The summed E-state index contributed by atoms with van der Waals surface area (Å²) in [6.45, 7) is 2.28. The summed E-state index contributed by atoms with van der Waals surface area (Å²) in [6, 6.07) is 13.1. The Morgan fingerprint density at radius 3 is 3.03 bits per heavy atom. The van der Waals surface area contributed by atoms with Crippen LogP contribution in [-0.2, 0) is 6.54 Å². The lowest BCUT2D eigenvalue weighted by Gasteiger charge is -2.37. The molecule has 0 aliphatic heterocycles. The summed E-state index contributed by atoms with van der Waals surface area (Å²) in [4.78, 5) is 21.9. The Kier molecular flexibility index (Phi) is 5.49. The van der Waals surface area contributed by atoms with Crippen LogP contribution in [0, 0.1) is 6.92 Å². The van der Waals surface area contributed by atoms with Crippen LogP contribution in [0.1, 0.15) is 41.7 Å². The van der Waals surface area contributed by atoms with Crippen LogP contribution < -0.4 is 5.32 Å². The molecular weight excluding hydrogens is 454 g/mol. The van der Waals surface area contributed by atoms with Crippen LogP contribution in [-0.4, -0.2) is 52.6 Å². The Labute approximate surface area is 207 Å². The van der Waals surface area contributed by atoms with Crippen molar-refractivity contribution >= 4 is 27.8 Å². The SMILES string of the molecule is Cc1cc(-c2n[nH]c3ccc(C(=O)N[C@H]4CCC[C@](O)(Cn5ncc6cccnc65)C4)cc23)ccn1. The molecule has 4 heterocycles. The van der Waals surface area contributed by atoms with E-state index in [2.05, 4.69) is 30.6 Å². The van der Waals surface area contributed by atoms with Crippen LogP contribution in [0.3, 0.4) is 0 Å². The van der Waals surface area contributed by atoms with Crippen LogP contribution >= 0.6 is 0 Å². The second kappa shape index (κ2) is 8.83. The standard InChI is InChI=1S/C27H27N7O2/c1-17-12-18(8-11-28-17)24-22-13-19(6-7-23(22)32-33-24)26(35)31-21-5-2-9-27(36,14-21)16-34-25-20(15-30-34)4-3-10-29-25/h3-4,6-8,10-13,15,21,36H,2,5,9,14,16H2,1H3,(H,31,35)(H,32,33)/t21-,27+/m0/s1. The van der Waals surface area contributed by atoms with Gasteiger partial charge in [0.1, 0.15) is 5.69 Å². The first kappa shape index (κ1) is 22.4. The zero-order valence-electron chi connectivity index (χ0n) is 20.0. The van der Waals surface area contributed by atoms with Crippen LogP contribution in [0.15, 0.2) is 61.1 Å². The van der Waals surface area contributed by atoms with Crippen molar-refractivity contribution in [2.45, 2.75) is 50.8 Å². The maximum Gasteiger partial charge on any atom is 0.251 e. The number of pyridine rings is 2. The number of hydrogen-bond acceptors (Lipinski definition) is 6. The number of aromatic nitrogens is 6. The highest BCUT2D eigenvalue weighted by molar-refractivity contribution is 6.01. The van der Waals surface area contributed by atoms with Crippen molar-refractivity contribution < 1.29 is 9.90 Å². The summed E-state index contributed by atoms with van der Waals surface area (Å²) in [7, 11) is 0. The fraction of sp³-hybridized carbons (Fsp3) is 0.296. The molecule has 0 radical (unpaired) electrons. The summed E-state index contributed by atoms with van der Waals surface area (Å²) in [5.74, 6) is -0.157. The van der Waals surface area contributed by atoms with E-state index in [1.165, 1.54) is 0 Å². The van der Waals surface area contributed by atoms with Gasteiger partial charge in [0.25, 0.3) is 5.91 Å². The summed E-state index contributed by atoms with van der Waals surface area (Å²) >= 11 is 0. The Bertz CT molecular complexity index is 1570. The van der Waals surface area contributed by atoms with E-state index in [-0.39, 0.29) is 11.9 Å².